The molecule has 1 aromatic carbocycles. The minimum Gasteiger partial charge on any atom is -0.492 e. The molecular weight excluding hydrogens is 274 g/mol. The maximum atomic E-state index is 5.93. The quantitative estimate of drug-likeness (QED) is 0.853. The van der Waals surface area contributed by atoms with Crippen LogP contribution in [0.15, 0.2) is 36.5 Å². The molecule has 5 heteroatoms. The molecule has 2 aromatic rings. The highest BCUT2D eigenvalue weighted by molar-refractivity contribution is 6.30. The first-order chi connectivity index (χ1) is 9.69. The molecule has 0 aliphatic rings. The molecule has 4 nitrogen and oxygen atoms in total. The predicted molar refractivity (Wildman–Crippen MR) is 81.3 cm³/mol. The Hall–Kier alpha value is -1.52. The van der Waals surface area contributed by atoms with Gasteiger partial charge in [0.15, 0.2) is 0 Å². The van der Waals surface area contributed by atoms with E-state index in [-0.39, 0.29) is 0 Å². The van der Waals surface area contributed by atoms with E-state index in [1.54, 1.807) is 0 Å². The Morgan fingerprint density at radius 3 is 2.90 bits per heavy atom. The molecule has 108 valence electrons. The van der Waals surface area contributed by atoms with E-state index >= 15 is 0 Å². The van der Waals surface area contributed by atoms with Crippen LogP contribution in [0.3, 0.4) is 0 Å². The summed E-state index contributed by atoms with van der Waals surface area (Å²) in [5.74, 6) is 0.804. The predicted octanol–water partition coefficient (Wildman–Crippen LogP) is 2.67. The molecule has 0 fully saturated rings. The first-order valence-electron chi connectivity index (χ1n) is 6.71. The smallest absolute Gasteiger partial charge is 0.120 e. The lowest BCUT2D eigenvalue weighted by Gasteiger charge is -2.17. The third-order valence-electron chi connectivity index (χ3n) is 3.33. The highest BCUT2D eigenvalue weighted by Crippen LogP contribution is 2.17. The number of benzene rings is 1. The lowest BCUT2D eigenvalue weighted by atomic mass is 10.1. The maximum absolute atomic E-state index is 5.93. The van der Waals surface area contributed by atoms with Crippen LogP contribution in [0.1, 0.15) is 12.1 Å². The molecule has 0 amide bonds. The number of hydrogen-bond acceptors (Lipinski definition) is 3. The number of halogens is 1. The van der Waals surface area contributed by atoms with Crippen LogP contribution < -0.4 is 10.1 Å². The Morgan fingerprint density at radius 1 is 1.40 bits per heavy atom. The Kier molecular flexibility index (Phi) is 5.44. The highest BCUT2D eigenvalue weighted by Gasteiger charge is 2.09. The van der Waals surface area contributed by atoms with Gasteiger partial charge in [-0.3, -0.25) is 4.68 Å². The molecule has 1 N–H and O–H groups in total. The van der Waals surface area contributed by atoms with E-state index in [0.717, 1.165) is 18.6 Å². The van der Waals surface area contributed by atoms with Gasteiger partial charge in [-0.1, -0.05) is 17.7 Å². The molecule has 1 unspecified atom stereocenters. The third kappa shape index (κ3) is 4.25. The number of aromatic nitrogens is 2. The fourth-order valence-corrected chi connectivity index (χ4v) is 2.21. The molecule has 1 atom stereocenters. The zero-order valence-corrected chi connectivity index (χ0v) is 12.6. The van der Waals surface area contributed by atoms with Crippen molar-refractivity contribution in [3.05, 3.63) is 47.2 Å². The topological polar surface area (TPSA) is 39.1 Å². The van der Waals surface area contributed by atoms with Gasteiger partial charge in [-0.2, -0.15) is 5.10 Å². The molecule has 2 rings (SSSR count). The molecule has 1 heterocycles. The monoisotopic (exact) mass is 293 g/mol. The number of nitrogens with zero attached hydrogens (tertiary/aromatic N) is 2. The number of rotatable bonds is 7. The van der Waals surface area contributed by atoms with E-state index in [0.29, 0.717) is 17.7 Å². The summed E-state index contributed by atoms with van der Waals surface area (Å²) in [7, 11) is 3.92. The van der Waals surface area contributed by atoms with E-state index in [4.69, 9.17) is 16.3 Å². The van der Waals surface area contributed by atoms with Gasteiger partial charge in [-0.15, -0.1) is 0 Å². The Labute approximate surface area is 124 Å². The van der Waals surface area contributed by atoms with Crippen LogP contribution in [-0.2, 0) is 13.5 Å². The summed E-state index contributed by atoms with van der Waals surface area (Å²) < 4.78 is 7.68. The van der Waals surface area contributed by atoms with Gasteiger partial charge in [0.2, 0.25) is 0 Å². The first-order valence-corrected chi connectivity index (χ1v) is 7.09. The Bertz CT molecular complexity index is 541. The molecule has 0 saturated carbocycles. The molecule has 0 spiro atoms. The van der Waals surface area contributed by atoms with Gasteiger partial charge in [0.25, 0.3) is 0 Å². The highest BCUT2D eigenvalue weighted by atomic mass is 35.5. The van der Waals surface area contributed by atoms with Gasteiger partial charge in [0.05, 0.1) is 0 Å². The Morgan fingerprint density at radius 2 is 2.25 bits per heavy atom. The van der Waals surface area contributed by atoms with Crippen LogP contribution in [0.25, 0.3) is 0 Å². The largest absolute Gasteiger partial charge is 0.492 e. The van der Waals surface area contributed by atoms with E-state index < -0.39 is 0 Å². The SMILES string of the molecule is CNC(CCc1ccnn1C)COc1cccc(Cl)c1. The summed E-state index contributed by atoms with van der Waals surface area (Å²) in [6.45, 7) is 0.620. The number of likely N-dealkylation sites (N-methyl/N-ethyl adjacent to an activating group) is 1. The van der Waals surface area contributed by atoms with Crippen molar-refractivity contribution >= 4 is 11.6 Å². The molecule has 20 heavy (non-hydrogen) atoms. The third-order valence-corrected chi connectivity index (χ3v) is 3.56. The van der Waals surface area contributed by atoms with Gasteiger partial charge >= 0.3 is 0 Å². The van der Waals surface area contributed by atoms with Crippen molar-refractivity contribution in [1.29, 1.82) is 0 Å². The van der Waals surface area contributed by atoms with Gasteiger partial charge < -0.3 is 10.1 Å². The molecule has 0 aliphatic heterocycles. The standard InChI is InChI=1S/C15H20ClN3O/c1-17-13(6-7-14-8-9-18-19(14)2)11-20-15-5-3-4-12(16)10-15/h3-5,8-10,13,17H,6-7,11H2,1-2H3. The summed E-state index contributed by atoms with van der Waals surface area (Å²) >= 11 is 5.93. The number of ether oxygens (including phenoxy) is 1. The average Bonchev–Trinajstić information content (AvgIpc) is 2.85. The fraction of sp³-hybridized carbons (Fsp3) is 0.400. The molecule has 0 saturated heterocycles. The average molecular weight is 294 g/mol. The molecule has 1 aromatic heterocycles. The summed E-state index contributed by atoms with van der Waals surface area (Å²) in [5, 5.41) is 8.15. The molecule has 0 radical (unpaired) electrons. The Balaban J connectivity index is 1.82. The zero-order chi connectivity index (χ0) is 14.4. The minimum atomic E-state index is 0.295. The van der Waals surface area contributed by atoms with Crippen molar-refractivity contribution in [2.45, 2.75) is 18.9 Å². The van der Waals surface area contributed by atoms with Crippen LogP contribution in [0.5, 0.6) is 5.75 Å². The number of hydrogen-bond donors (Lipinski definition) is 1. The van der Waals surface area contributed by atoms with Crippen molar-refractivity contribution < 1.29 is 4.74 Å². The van der Waals surface area contributed by atoms with Crippen molar-refractivity contribution in [3.8, 4) is 5.75 Å². The van der Waals surface area contributed by atoms with Gasteiger partial charge in [-0.25, -0.2) is 0 Å². The van der Waals surface area contributed by atoms with Gasteiger partial charge in [0, 0.05) is 30.0 Å². The summed E-state index contributed by atoms with van der Waals surface area (Å²) in [6, 6.07) is 9.82. The van der Waals surface area contributed by atoms with Gasteiger partial charge in [0.1, 0.15) is 12.4 Å². The zero-order valence-electron chi connectivity index (χ0n) is 11.8. The molecular formula is C15H20ClN3O. The van der Waals surface area contributed by atoms with Crippen molar-refractivity contribution in [2.24, 2.45) is 7.05 Å². The summed E-state index contributed by atoms with van der Waals surface area (Å²) in [5.41, 5.74) is 1.23. The lowest BCUT2D eigenvalue weighted by Crippen LogP contribution is -2.32. The second-order valence-electron chi connectivity index (χ2n) is 4.74. The fourth-order valence-electron chi connectivity index (χ4n) is 2.03. The lowest BCUT2D eigenvalue weighted by molar-refractivity contribution is 0.263. The summed E-state index contributed by atoms with van der Waals surface area (Å²) in [4.78, 5) is 0. The normalized spacial score (nSPS) is 12.3. The van der Waals surface area contributed by atoms with Crippen LogP contribution in [-0.4, -0.2) is 29.5 Å². The second kappa shape index (κ2) is 7.31. The van der Waals surface area contributed by atoms with E-state index in [1.807, 2.05) is 55.3 Å². The molecule has 0 bridgehead atoms. The minimum absolute atomic E-state index is 0.295. The van der Waals surface area contributed by atoms with Crippen LogP contribution >= 0.6 is 11.6 Å². The number of nitrogens with one attached hydrogen (secondary N) is 1. The van der Waals surface area contributed by atoms with Crippen LogP contribution in [0.4, 0.5) is 0 Å². The molecule has 0 aliphatic carbocycles. The van der Waals surface area contributed by atoms with Crippen molar-refractivity contribution in [3.63, 3.8) is 0 Å². The van der Waals surface area contributed by atoms with E-state index in [2.05, 4.69) is 10.4 Å². The van der Waals surface area contributed by atoms with Crippen molar-refractivity contribution in [2.75, 3.05) is 13.7 Å². The van der Waals surface area contributed by atoms with Crippen LogP contribution in [0.2, 0.25) is 5.02 Å². The first kappa shape index (κ1) is 14.9. The van der Waals surface area contributed by atoms with Crippen molar-refractivity contribution in [1.82, 2.24) is 15.1 Å². The van der Waals surface area contributed by atoms with Crippen LogP contribution in [0, 0.1) is 0 Å². The summed E-state index contributed by atoms with van der Waals surface area (Å²) in [6.07, 6.45) is 3.80. The van der Waals surface area contributed by atoms with E-state index in [1.165, 1.54) is 5.69 Å². The van der Waals surface area contributed by atoms with E-state index in [9.17, 15) is 0 Å². The maximum Gasteiger partial charge on any atom is 0.120 e. The second-order valence-corrected chi connectivity index (χ2v) is 5.18. The number of aryl methyl sites for hydroxylation is 2. The van der Waals surface area contributed by atoms with Gasteiger partial charge in [-0.05, 0) is 44.2 Å².